The second-order valence-corrected chi connectivity index (χ2v) is 8.56. The Morgan fingerprint density at radius 2 is 2.04 bits per heavy atom. The largest absolute Gasteiger partial charge is 0.464 e. The van der Waals surface area contributed by atoms with Crippen molar-refractivity contribution in [3.63, 3.8) is 0 Å². The molecule has 7 heteroatoms. The van der Waals surface area contributed by atoms with E-state index >= 15 is 0 Å². The van der Waals surface area contributed by atoms with E-state index in [4.69, 9.17) is 9.72 Å². The standard InChI is InChI=1S/C20H29N3O3S/c1-4-5-8-11-26-17(24)13-23-16(12-22(2)3)21-19-18(20(23)25)14-9-6-7-10-15(14)27-19/h4-13H2,1-3H3. The Kier molecular flexibility index (Phi) is 6.65. The number of unbranched alkanes of at least 4 members (excludes halogenated alkanes) is 2. The highest BCUT2D eigenvalue weighted by Crippen LogP contribution is 2.33. The van der Waals surface area contributed by atoms with Crippen LogP contribution in [0.25, 0.3) is 10.2 Å². The molecule has 0 saturated carbocycles. The van der Waals surface area contributed by atoms with Crippen LogP contribution in [-0.2, 0) is 35.5 Å². The molecular formula is C20H29N3O3S. The topological polar surface area (TPSA) is 64.4 Å². The molecule has 148 valence electrons. The summed E-state index contributed by atoms with van der Waals surface area (Å²) in [7, 11) is 3.87. The minimum atomic E-state index is -0.363. The zero-order valence-corrected chi connectivity index (χ0v) is 17.4. The highest BCUT2D eigenvalue weighted by molar-refractivity contribution is 7.18. The van der Waals surface area contributed by atoms with Crippen LogP contribution in [-0.4, -0.2) is 41.1 Å². The Labute approximate surface area is 164 Å². The van der Waals surface area contributed by atoms with Gasteiger partial charge in [0.05, 0.1) is 18.5 Å². The number of aryl methyl sites for hydroxylation is 2. The number of carbonyl (C=O) groups excluding carboxylic acids is 1. The average Bonchev–Trinajstić information content (AvgIpc) is 3.00. The fourth-order valence-corrected chi connectivity index (χ4v) is 4.83. The molecule has 2 heterocycles. The van der Waals surface area contributed by atoms with Gasteiger partial charge in [-0.3, -0.25) is 14.2 Å². The molecule has 0 amide bonds. The summed E-state index contributed by atoms with van der Waals surface area (Å²) in [5.74, 6) is 0.264. The molecule has 0 fully saturated rings. The van der Waals surface area contributed by atoms with Crippen molar-refractivity contribution >= 4 is 27.5 Å². The maximum absolute atomic E-state index is 13.3. The van der Waals surface area contributed by atoms with Gasteiger partial charge in [-0.25, -0.2) is 4.98 Å². The number of hydrogen-bond donors (Lipinski definition) is 0. The van der Waals surface area contributed by atoms with Crippen LogP contribution in [0.3, 0.4) is 0 Å². The first-order valence-electron chi connectivity index (χ1n) is 9.85. The summed E-state index contributed by atoms with van der Waals surface area (Å²) >= 11 is 1.64. The summed E-state index contributed by atoms with van der Waals surface area (Å²) in [5.41, 5.74) is 1.06. The van der Waals surface area contributed by atoms with Crippen LogP contribution >= 0.6 is 11.3 Å². The molecule has 2 aromatic heterocycles. The number of thiophene rings is 1. The van der Waals surface area contributed by atoms with Crippen molar-refractivity contribution in [1.29, 1.82) is 0 Å². The lowest BCUT2D eigenvalue weighted by Gasteiger charge is -2.16. The van der Waals surface area contributed by atoms with Gasteiger partial charge in [-0.1, -0.05) is 19.8 Å². The van der Waals surface area contributed by atoms with Crippen LogP contribution in [0.5, 0.6) is 0 Å². The predicted molar refractivity (Wildman–Crippen MR) is 108 cm³/mol. The molecule has 0 atom stereocenters. The van der Waals surface area contributed by atoms with E-state index in [1.807, 2.05) is 19.0 Å². The van der Waals surface area contributed by atoms with Crippen LogP contribution in [0.2, 0.25) is 0 Å². The molecule has 0 saturated heterocycles. The third-order valence-electron chi connectivity index (χ3n) is 4.91. The van der Waals surface area contributed by atoms with Crippen LogP contribution < -0.4 is 5.56 Å². The van der Waals surface area contributed by atoms with Crippen molar-refractivity contribution in [2.45, 2.75) is 65.0 Å². The monoisotopic (exact) mass is 391 g/mol. The number of hydrogen-bond acceptors (Lipinski definition) is 6. The van der Waals surface area contributed by atoms with Crippen LogP contribution in [0.4, 0.5) is 0 Å². The Hall–Kier alpha value is -1.73. The number of ether oxygens (including phenoxy) is 1. The average molecular weight is 392 g/mol. The Morgan fingerprint density at radius 3 is 2.78 bits per heavy atom. The minimum absolute atomic E-state index is 0.0678. The first kappa shape index (κ1) is 20.0. The van der Waals surface area contributed by atoms with Crippen LogP contribution in [0.1, 0.15) is 55.3 Å². The van der Waals surface area contributed by atoms with Gasteiger partial charge in [0.1, 0.15) is 17.2 Å². The van der Waals surface area contributed by atoms with E-state index < -0.39 is 0 Å². The number of carbonyl (C=O) groups is 1. The van der Waals surface area contributed by atoms with Gasteiger partial charge in [-0.05, 0) is 51.8 Å². The Bertz CT molecular complexity index is 869. The molecule has 27 heavy (non-hydrogen) atoms. The van der Waals surface area contributed by atoms with Gasteiger partial charge in [0.2, 0.25) is 0 Å². The van der Waals surface area contributed by atoms with Crippen molar-refractivity contribution in [2.24, 2.45) is 0 Å². The molecule has 0 radical (unpaired) electrons. The summed E-state index contributed by atoms with van der Waals surface area (Å²) in [6.07, 6.45) is 7.21. The van der Waals surface area contributed by atoms with E-state index in [9.17, 15) is 9.59 Å². The van der Waals surface area contributed by atoms with E-state index in [2.05, 4.69) is 6.92 Å². The maximum atomic E-state index is 13.3. The van der Waals surface area contributed by atoms with Crippen LogP contribution in [0, 0.1) is 0 Å². The van der Waals surface area contributed by atoms with Gasteiger partial charge in [-0.15, -0.1) is 11.3 Å². The summed E-state index contributed by atoms with van der Waals surface area (Å²) in [4.78, 5) is 34.4. The molecule has 0 spiro atoms. The van der Waals surface area contributed by atoms with E-state index in [0.29, 0.717) is 19.0 Å². The number of fused-ring (bicyclic) bond motifs is 3. The van der Waals surface area contributed by atoms with E-state index in [0.717, 1.165) is 54.3 Å². The molecule has 0 bridgehead atoms. The van der Waals surface area contributed by atoms with Gasteiger partial charge in [-0.2, -0.15) is 0 Å². The second-order valence-electron chi connectivity index (χ2n) is 7.48. The first-order valence-corrected chi connectivity index (χ1v) is 10.7. The normalized spacial score (nSPS) is 13.9. The smallest absolute Gasteiger partial charge is 0.326 e. The summed E-state index contributed by atoms with van der Waals surface area (Å²) < 4.78 is 6.85. The maximum Gasteiger partial charge on any atom is 0.326 e. The molecular weight excluding hydrogens is 362 g/mol. The van der Waals surface area contributed by atoms with E-state index in [-0.39, 0.29) is 18.1 Å². The minimum Gasteiger partial charge on any atom is -0.464 e. The third-order valence-corrected chi connectivity index (χ3v) is 6.10. The summed E-state index contributed by atoms with van der Waals surface area (Å²) in [6.45, 7) is 2.96. The first-order chi connectivity index (χ1) is 13.0. The fourth-order valence-electron chi connectivity index (χ4n) is 3.56. The Morgan fingerprint density at radius 1 is 1.26 bits per heavy atom. The molecule has 0 N–H and O–H groups in total. The highest BCUT2D eigenvalue weighted by Gasteiger charge is 2.23. The van der Waals surface area contributed by atoms with Gasteiger partial charge in [0, 0.05) is 4.88 Å². The zero-order chi connectivity index (χ0) is 19.4. The third kappa shape index (κ3) is 4.58. The number of nitrogens with zero attached hydrogens (tertiary/aromatic N) is 3. The second kappa shape index (κ2) is 8.97. The quantitative estimate of drug-likeness (QED) is 0.511. The Balaban J connectivity index is 1.94. The summed E-state index contributed by atoms with van der Waals surface area (Å²) in [6, 6.07) is 0. The predicted octanol–water partition coefficient (Wildman–Crippen LogP) is 3.13. The van der Waals surface area contributed by atoms with Gasteiger partial charge in [0.25, 0.3) is 5.56 Å². The lowest BCUT2D eigenvalue weighted by Crippen LogP contribution is -2.31. The van der Waals surface area contributed by atoms with E-state index in [1.54, 1.807) is 11.3 Å². The van der Waals surface area contributed by atoms with Crippen molar-refractivity contribution in [2.75, 3.05) is 20.7 Å². The van der Waals surface area contributed by atoms with Gasteiger partial charge in [0.15, 0.2) is 0 Å². The van der Waals surface area contributed by atoms with Crippen LogP contribution in [0.15, 0.2) is 4.79 Å². The van der Waals surface area contributed by atoms with Crippen molar-refractivity contribution in [3.8, 4) is 0 Å². The molecule has 1 aliphatic rings. The van der Waals surface area contributed by atoms with Gasteiger partial charge >= 0.3 is 5.97 Å². The molecule has 6 nitrogen and oxygen atoms in total. The van der Waals surface area contributed by atoms with Crippen molar-refractivity contribution < 1.29 is 9.53 Å². The SMILES string of the molecule is CCCCCOC(=O)Cn1c(CN(C)C)nc2sc3c(c2c1=O)CCCC3. The zero-order valence-electron chi connectivity index (χ0n) is 16.5. The summed E-state index contributed by atoms with van der Waals surface area (Å²) in [5, 5.41) is 0.719. The molecule has 0 unspecified atom stereocenters. The molecule has 3 rings (SSSR count). The lowest BCUT2D eigenvalue weighted by atomic mass is 9.97. The molecule has 2 aromatic rings. The molecule has 1 aliphatic carbocycles. The van der Waals surface area contributed by atoms with Gasteiger partial charge < -0.3 is 9.64 Å². The highest BCUT2D eigenvalue weighted by atomic mass is 32.1. The molecule has 0 aromatic carbocycles. The van der Waals surface area contributed by atoms with Crippen molar-refractivity contribution in [3.05, 3.63) is 26.6 Å². The number of rotatable bonds is 8. The fraction of sp³-hybridized carbons (Fsp3) is 0.650. The molecule has 0 aliphatic heterocycles. The van der Waals surface area contributed by atoms with E-state index in [1.165, 1.54) is 15.9 Å². The number of aromatic nitrogens is 2. The van der Waals surface area contributed by atoms with Crippen molar-refractivity contribution in [1.82, 2.24) is 14.5 Å². The number of esters is 1. The lowest BCUT2D eigenvalue weighted by molar-refractivity contribution is -0.144.